The number of halogens is 1. The molecule has 1 saturated heterocycles. The summed E-state index contributed by atoms with van der Waals surface area (Å²) in [5, 5.41) is 11.2. The normalized spacial score (nSPS) is 19.2. The van der Waals surface area contributed by atoms with Gasteiger partial charge in [-0.15, -0.1) is 12.4 Å². The summed E-state index contributed by atoms with van der Waals surface area (Å²) >= 11 is 0. The molecule has 1 aliphatic carbocycles. The van der Waals surface area contributed by atoms with Crippen molar-refractivity contribution in [2.75, 3.05) is 13.1 Å². The average Bonchev–Trinajstić information content (AvgIpc) is 3.19. The number of benzene rings is 1. The molecule has 5 nitrogen and oxygen atoms in total. The number of fused-ring (bicyclic) bond motifs is 1. The summed E-state index contributed by atoms with van der Waals surface area (Å²) in [6.45, 7) is 3.98. The topological polar surface area (TPSA) is 59.0 Å². The van der Waals surface area contributed by atoms with Gasteiger partial charge in [0.25, 0.3) is 5.91 Å². The van der Waals surface area contributed by atoms with Crippen LogP contribution in [0.15, 0.2) is 24.3 Å². The highest BCUT2D eigenvalue weighted by molar-refractivity contribution is 5.94. The number of nitrogens with one attached hydrogen (secondary N) is 2. The highest BCUT2D eigenvalue weighted by atomic mass is 35.5. The molecule has 2 N–H and O–H groups in total. The summed E-state index contributed by atoms with van der Waals surface area (Å²) in [5.41, 5.74) is 5.22. The summed E-state index contributed by atoms with van der Waals surface area (Å²) in [7, 11) is 0. The lowest BCUT2D eigenvalue weighted by atomic mass is 10.1. The van der Waals surface area contributed by atoms with Crippen LogP contribution in [0.2, 0.25) is 0 Å². The van der Waals surface area contributed by atoms with Gasteiger partial charge in [-0.2, -0.15) is 5.10 Å². The van der Waals surface area contributed by atoms with Crippen LogP contribution in [0.3, 0.4) is 0 Å². The van der Waals surface area contributed by atoms with Crippen LogP contribution >= 0.6 is 12.4 Å². The van der Waals surface area contributed by atoms with Crippen LogP contribution in [0.25, 0.3) is 5.69 Å². The smallest absolute Gasteiger partial charge is 0.272 e. The molecule has 1 fully saturated rings. The Bertz CT molecular complexity index is 748. The minimum absolute atomic E-state index is 0. The Balaban J connectivity index is 0.00000182. The zero-order chi connectivity index (χ0) is 16.5. The second-order valence-electron chi connectivity index (χ2n) is 6.89. The molecular weight excluding hydrogens is 336 g/mol. The molecule has 1 aliphatic heterocycles. The first-order valence-corrected chi connectivity index (χ1v) is 8.92. The van der Waals surface area contributed by atoms with Gasteiger partial charge < -0.3 is 10.6 Å². The molecule has 6 heteroatoms. The van der Waals surface area contributed by atoms with Crippen molar-refractivity contribution in [3.8, 4) is 5.69 Å². The van der Waals surface area contributed by atoms with Crippen LogP contribution in [-0.2, 0) is 12.8 Å². The molecule has 1 amide bonds. The van der Waals surface area contributed by atoms with Gasteiger partial charge in [0.1, 0.15) is 0 Å². The van der Waals surface area contributed by atoms with Crippen molar-refractivity contribution >= 4 is 18.3 Å². The maximum Gasteiger partial charge on any atom is 0.272 e. The lowest BCUT2D eigenvalue weighted by molar-refractivity contribution is 0.0924. The van der Waals surface area contributed by atoms with Crippen molar-refractivity contribution in [1.29, 1.82) is 0 Å². The van der Waals surface area contributed by atoms with E-state index in [4.69, 9.17) is 0 Å². The van der Waals surface area contributed by atoms with E-state index in [1.54, 1.807) is 0 Å². The lowest BCUT2D eigenvalue weighted by Gasteiger charge is -2.23. The fourth-order valence-corrected chi connectivity index (χ4v) is 3.75. The number of rotatable bonds is 3. The zero-order valence-corrected chi connectivity index (χ0v) is 15.4. The Kier molecular flexibility index (Phi) is 5.45. The molecule has 4 rings (SSSR count). The molecule has 0 spiro atoms. The fraction of sp³-hybridized carbons (Fsp3) is 0.474. The Morgan fingerprint density at radius 1 is 1.24 bits per heavy atom. The van der Waals surface area contributed by atoms with Crippen molar-refractivity contribution in [2.24, 2.45) is 0 Å². The number of carbonyl (C=O) groups is 1. The van der Waals surface area contributed by atoms with Gasteiger partial charge in [-0.1, -0.05) is 17.7 Å². The Morgan fingerprint density at radius 3 is 2.76 bits per heavy atom. The van der Waals surface area contributed by atoms with E-state index in [1.807, 2.05) is 4.68 Å². The van der Waals surface area contributed by atoms with Crippen LogP contribution in [0.4, 0.5) is 0 Å². The molecule has 1 aromatic heterocycles. The van der Waals surface area contributed by atoms with Gasteiger partial charge in [0.15, 0.2) is 5.69 Å². The maximum atomic E-state index is 12.8. The third kappa shape index (κ3) is 3.58. The number of piperidine rings is 1. The molecular formula is C19H25ClN4O. The van der Waals surface area contributed by atoms with E-state index in [9.17, 15) is 4.79 Å². The number of amides is 1. The predicted molar refractivity (Wildman–Crippen MR) is 101 cm³/mol. The number of carbonyl (C=O) groups excluding carboxylic acids is 1. The molecule has 2 heterocycles. The first-order valence-electron chi connectivity index (χ1n) is 8.92. The van der Waals surface area contributed by atoms with Crippen molar-refractivity contribution in [3.63, 3.8) is 0 Å². The third-order valence-corrected chi connectivity index (χ3v) is 5.06. The molecule has 2 aliphatic rings. The van der Waals surface area contributed by atoms with E-state index in [1.165, 1.54) is 11.3 Å². The fourth-order valence-electron chi connectivity index (χ4n) is 3.75. The van der Waals surface area contributed by atoms with Gasteiger partial charge in [-0.05, 0) is 57.7 Å². The molecule has 25 heavy (non-hydrogen) atoms. The summed E-state index contributed by atoms with van der Waals surface area (Å²) in [6.07, 6.45) is 5.20. The van der Waals surface area contributed by atoms with E-state index in [-0.39, 0.29) is 24.4 Å². The largest absolute Gasteiger partial charge is 0.347 e. The zero-order valence-electron chi connectivity index (χ0n) is 14.5. The van der Waals surface area contributed by atoms with Gasteiger partial charge in [0.2, 0.25) is 0 Å². The van der Waals surface area contributed by atoms with E-state index in [0.29, 0.717) is 5.69 Å². The van der Waals surface area contributed by atoms with Crippen molar-refractivity contribution in [1.82, 2.24) is 20.4 Å². The Hall–Kier alpha value is -1.85. The van der Waals surface area contributed by atoms with Crippen molar-refractivity contribution in [2.45, 2.75) is 45.1 Å². The molecule has 134 valence electrons. The van der Waals surface area contributed by atoms with E-state index >= 15 is 0 Å². The second-order valence-corrected chi connectivity index (χ2v) is 6.89. The Labute approximate surface area is 154 Å². The first-order chi connectivity index (χ1) is 11.7. The Morgan fingerprint density at radius 2 is 2.04 bits per heavy atom. The van der Waals surface area contributed by atoms with Crippen LogP contribution < -0.4 is 10.6 Å². The van der Waals surface area contributed by atoms with Crippen molar-refractivity contribution < 1.29 is 4.79 Å². The molecule has 0 bridgehead atoms. The molecule has 0 saturated carbocycles. The number of aryl methyl sites for hydroxylation is 1. The minimum Gasteiger partial charge on any atom is -0.347 e. The molecule has 1 aromatic carbocycles. The van der Waals surface area contributed by atoms with E-state index < -0.39 is 0 Å². The third-order valence-electron chi connectivity index (χ3n) is 5.06. The number of hydrogen-bond donors (Lipinski definition) is 2. The van der Waals surface area contributed by atoms with Gasteiger partial charge in [-0.3, -0.25) is 4.79 Å². The summed E-state index contributed by atoms with van der Waals surface area (Å²) in [6, 6.07) is 8.55. The molecule has 0 unspecified atom stereocenters. The van der Waals surface area contributed by atoms with Crippen LogP contribution in [0.1, 0.15) is 46.6 Å². The molecule has 2 aromatic rings. The highest BCUT2D eigenvalue weighted by Crippen LogP contribution is 2.28. The monoisotopic (exact) mass is 360 g/mol. The van der Waals surface area contributed by atoms with Crippen LogP contribution in [0.5, 0.6) is 0 Å². The summed E-state index contributed by atoms with van der Waals surface area (Å²) < 4.78 is 1.97. The standard InChI is InChI=1S/C19H24N4O.ClH/c1-13-7-9-15(10-8-13)23-17-6-2-5-16(17)18(22-23)19(24)21-14-4-3-11-20-12-14;/h7-10,14,20H,2-6,11-12H2,1H3,(H,21,24);1H/t14-;/m0./s1. The predicted octanol–water partition coefficient (Wildman–Crippen LogP) is 2.57. The van der Waals surface area contributed by atoms with Crippen molar-refractivity contribution in [3.05, 3.63) is 46.8 Å². The summed E-state index contributed by atoms with van der Waals surface area (Å²) in [4.78, 5) is 12.8. The van der Waals surface area contributed by atoms with E-state index in [0.717, 1.165) is 56.4 Å². The average molecular weight is 361 g/mol. The van der Waals surface area contributed by atoms with E-state index in [2.05, 4.69) is 46.9 Å². The maximum absolute atomic E-state index is 12.8. The number of aromatic nitrogens is 2. The van der Waals surface area contributed by atoms with Gasteiger partial charge in [0, 0.05) is 23.8 Å². The van der Waals surface area contributed by atoms with Gasteiger partial charge in [-0.25, -0.2) is 4.68 Å². The van der Waals surface area contributed by atoms with Crippen LogP contribution in [-0.4, -0.2) is 34.8 Å². The number of nitrogens with zero attached hydrogens (tertiary/aromatic N) is 2. The quantitative estimate of drug-likeness (QED) is 0.884. The second kappa shape index (κ2) is 7.58. The first kappa shape index (κ1) is 18.0. The molecule has 0 radical (unpaired) electrons. The van der Waals surface area contributed by atoms with Gasteiger partial charge in [0.05, 0.1) is 5.69 Å². The summed E-state index contributed by atoms with van der Waals surface area (Å²) in [5.74, 6) is -0.0206. The lowest BCUT2D eigenvalue weighted by Crippen LogP contribution is -2.45. The van der Waals surface area contributed by atoms with Crippen LogP contribution in [0, 0.1) is 6.92 Å². The SMILES string of the molecule is Cc1ccc(-n2nc(C(=O)N[C@H]3CCCNC3)c3c2CCC3)cc1.Cl. The number of hydrogen-bond acceptors (Lipinski definition) is 3. The molecule has 1 atom stereocenters. The highest BCUT2D eigenvalue weighted by Gasteiger charge is 2.28. The van der Waals surface area contributed by atoms with Gasteiger partial charge >= 0.3 is 0 Å². The minimum atomic E-state index is -0.0206.